The molecule has 0 unspecified atom stereocenters. The van der Waals surface area contributed by atoms with Gasteiger partial charge in [-0.05, 0) is 44.2 Å². The monoisotopic (exact) mass is 259 g/mol. The average molecular weight is 259 g/mol. The van der Waals surface area contributed by atoms with Crippen molar-refractivity contribution in [2.24, 2.45) is 5.73 Å². The number of carbonyl (C=O) groups excluding carboxylic acids is 1. The van der Waals surface area contributed by atoms with E-state index in [1.54, 1.807) is 18.3 Å². The molecule has 102 valence electrons. The molecular formula is C15H21N3O. The van der Waals surface area contributed by atoms with Crippen LogP contribution in [-0.4, -0.2) is 17.4 Å². The minimum absolute atomic E-state index is 0.0477. The first kappa shape index (κ1) is 13.7. The number of nitrogens with two attached hydrogens (primary N) is 1. The van der Waals surface area contributed by atoms with Crippen LogP contribution in [0.4, 0.5) is 0 Å². The van der Waals surface area contributed by atoms with Crippen molar-refractivity contribution in [3.63, 3.8) is 0 Å². The molecule has 0 aliphatic heterocycles. The fraction of sp³-hybridized carbons (Fsp3) is 0.467. The lowest BCUT2D eigenvalue weighted by Crippen LogP contribution is -2.25. The average Bonchev–Trinajstić information content (AvgIpc) is 2.48. The van der Waals surface area contributed by atoms with Gasteiger partial charge in [0.1, 0.15) is 0 Å². The van der Waals surface area contributed by atoms with Crippen molar-refractivity contribution in [3.05, 3.63) is 41.2 Å². The highest BCUT2D eigenvalue weighted by atomic mass is 16.1. The molecule has 1 amide bonds. The van der Waals surface area contributed by atoms with Crippen LogP contribution in [0.2, 0.25) is 0 Å². The second kappa shape index (κ2) is 7.04. The Kier molecular flexibility index (Phi) is 5.10. The van der Waals surface area contributed by atoms with Gasteiger partial charge in [-0.25, -0.2) is 0 Å². The maximum absolute atomic E-state index is 12.0. The van der Waals surface area contributed by atoms with E-state index in [9.17, 15) is 4.79 Å². The number of hydrogen-bond donors (Lipinski definition) is 2. The lowest BCUT2D eigenvalue weighted by molar-refractivity contribution is 0.0954. The molecule has 0 fully saturated rings. The summed E-state index contributed by atoms with van der Waals surface area (Å²) in [6.45, 7) is 1.05. The second-order valence-corrected chi connectivity index (χ2v) is 4.85. The zero-order valence-electron chi connectivity index (χ0n) is 11.2. The van der Waals surface area contributed by atoms with Crippen molar-refractivity contribution in [2.75, 3.05) is 6.54 Å². The SMILES string of the molecule is NCc1cc(C(=O)NCCC2=CCCCC2)ccn1. The van der Waals surface area contributed by atoms with Gasteiger partial charge < -0.3 is 11.1 Å². The number of rotatable bonds is 5. The molecule has 0 radical (unpaired) electrons. The summed E-state index contributed by atoms with van der Waals surface area (Å²) >= 11 is 0. The number of pyridine rings is 1. The predicted octanol–water partition coefficient (Wildman–Crippen LogP) is 2.16. The fourth-order valence-electron chi connectivity index (χ4n) is 2.30. The van der Waals surface area contributed by atoms with Crippen molar-refractivity contribution in [1.29, 1.82) is 0 Å². The first-order chi connectivity index (χ1) is 9.29. The Morgan fingerprint density at radius 3 is 3.05 bits per heavy atom. The lowest BCUT2D eigenvalue weighted by atomic mass is 9.97. The van der Waals surface area contributed by atoms with Crippen molar-refractivity contribution < 1.29 is 4.79 Å². The van der Waals surface area contributed by atoms with Crippen molar-refractivity contribution >= 4 is 5.91 Å². The molecule has 3 N–H and O–H groups in total. The summed E-state index contributed by atoms with van der Waals surface area (Å²) in [7, 11) is 0. The largest absolute Gasteiger partial charge is 0.352 e. The number of nitrogens with zero attached hydrogens (tertiary/aromatic N) is 1. The summed E-state index contributed by atoms with van der Waals surface area (Å²) in [5.74, 6) is -0.0477. The normalized spacial score (nSPS) is 14.9. The molecule has 1 aliphatic rings. The molecule has 0 atom stereocenters. The van der Waals surface area contributed by atoms with E-state index in [0.717, 1.165) is 12.1 Å². The van der Waals surface area contributed by atoms with Crippen LogP contribution in [0.25, 0.3) is 0 Å². The first-order valence-electron chi connectivity index (χ1n) is 6.90. The molecule has 0 bridgehead atoms. The summed E-state index contributed by atoms with van der Waals surface area (Å²) in [5.41, 5.74) is 8.36. The van der Waals surface area contributed by atoms with Gasteiger partial charge in [0.25, 0.3) is 5.91 Å². The molecule has 1 aromatic rings. The summed E-state index contributed by atoms with van der Waals surface area (Å²) in [5, 5.41) is 2.95. The predicted molar refractivity (Wildman–Crippen MR) is 75.6 cm³/mol. The molecule has 0 saturated heterocycles. The molecule has 2 rings (SSSR count). The Labute approximate surface area is 114 Å². The van der Waals surface area contributed by atoms with E-state index in [1.807, 2.05) is 0 Å². The summed E-state index contributed by atoms with van der Waals surface area (Å²) < 4.78 is 0. The van der Waals surface area contributed by atoms with Crippen LogP contribution in [0.1, 0.15) is 48.2 Å². The Balaban J connectivity index is 1.81. The maximum Gasteiger partial charge on any atom is 0.251 e. The van der Waals surface area contributed by atoms with Crippen molar-refractivity contribution in [3.8, 4) is 0 Å². The third-order valence-electron chi connectivity index (χ3n) is 3.40. The lowest BCUT2D eigenvalue weighted by Gasteiger charge is -2.13. The van der Waals surface area contributed by atoms with E-state index in [0.29, 0.717) is 18.7 Å². The maximum atomic E-state index is 12.0. The number of aromatic nitrogens is 1. The van der Waals surface area contributed by atoms with Gasteiger partial charge in [-0.15, -0.1) is 0 Å². The number of amides is 1. The molecule has 1 aliphatic carbocycles. The molecule has 0 spiro atoms. The third kappa shape index (κ3) is 4.17. The van der Waals surface area contributed by atoms with Gasteiger partial charge in [0.05, 0.1) is 5.69 Å². The minimum Gasteiger partial charge on any atom is -0.352 e. The van der Waals surface area contributed by atoms with E-state index in [1.165, 1.54) is 31.3 Å². The fourth-order valence-corrected chi connectivity index (χ4v) is 2.30. The molecule has 19 heavy (non-hydrogen) atoms. The van der Waals surface area contributed by atoms with Gasteiger partial charge in [-0.3, -0.25) is 9.78 Å². The van der Waals surface area contributed by atoms with Crippen LogP contribution in [0, 0.1) is 0 Å². The summed E-state index contributed by atoms with van der Waals surface area (Å²) in [6, 6.07) is 3.46. The Morgan fingerprint density at radius 2 is 2.32 bits per heavy atom. The van der Waals surface area contributed by atoms with Gasteiger partial charge in [-0.2, -0.15) is 0 Å². The Morgan fingerprint density at radius 1 is 1.42 bits per heavy atom. The highest BCUT2D eigenvalue weighted by Crippen LogP contribution is 2.19. The molecule has 0 saturated carbocycles. The zero-order chi connectivity index (χ0) is 13.5. The number of carbonyl (C=O) groups is 1. The highest BCUT2D eigenvalue weighted by Gasteiger charge is 2.07. The van der Waals surface area contributed by atoms with Crippen LogP contribution in [0.5, 0.6) is 0 Å². The van der Waals surface area contributed by atoms with Gasteiger partial charge >= 0.3 is 0 Å². The van der Waals surface area contributed by atoms with E-state index >= 15 is 0 Å². The molecule has 4 heteroatoms. The Hall–Kier alpha value is -1.68. The van der Waals surface area contributed by atoms with Crippen LogP contribution < -0.4 is 11.1 Å². The number of nitrogens with one attached hydrogen (secondary N) is 1. The van der Waals surface area contributed by atoms with E-state index in [-0.39, 0.29) is 5.91 Å². The topological polar surface area (TPSA) is 68.0 Å². The first-order valence-corrected chi connectivity index (χ1v) is 6.90. The standard InChI is InChI=1S/C15H21N3O/c16-11-14-10-13(7-9-17-14)15(19)18-8-6-12-4-2-1-3-5-12/h4,7,9-10H,1-3,5-6,8,11,16H2,(H,18,19). The molecule has 4 nitrogen and oxygen atoms in total. The molecule has 1 aromatic heterocycles. The van der Waals surface area contributed by atoms with Crippen molar-refractivity contribution in [1.82, 2.24) is 10.3 Å². The zero-order valence-corrected chi connectivity index (χ0v) is 11.2. The molecule has 0 aromatic carbocycles. The van der Waals surface area contributed by atoms with Crippen LogP contribution in [0.15, 0.2) is 30.0 Å². The van der Waals surface area contributed by atoms with Crippen molar-refractivity contribution in [2.45, 2.75) is 38.6 Å². The van der Waals surface area contributed by atoms with Gasteiger partial charge in [-0.1, -0.05) is 11.6 Å². The van der Waals surface area contributed by atoms with Crippen LogP contribution in [0.3, 0.4) is 0 Å². The van der Waals surface area contributed by atoms with Gasteiger partial charge in [0.2, 0.25) is 0 Å². The van der Waals surface area contributed by atoms with E-state index in [4.69, 9.17) is 5.73 Å². The van der Waals surface area contributed by atoms with Gasteiger partial charge in [0.15, 0.2) is 0 Å². The van der Waals surface area contributed by atoms with Crippen LogP contribution in [-0.2, 0) is 6.54 Å². The quantitative estimate of drug-likeness (QED) is 0.796. The van der Waals surface area contributed by atoms with Crippen LogP contribution >= 0.6 is 0 Å². The van der Waals surface area contributed by atoms with Gasteiger partial charge in [0, 0.05) is 24.8 Å². The molecular weight excluding hydrogens is 238 g/mol. The number of hydrogen-bond acceptors (Lipinski definition) is 3. The van der Waals surface area contributed by atoms with E-state index in [2.05, 4.69) is 16.4 Å². The number of allylic oxidation sites excluding steroid dienone is 1. The Bertz CT molecular complexity index is 468. The highest BCUT2D eigenvalue weighted by molar-refractivity contribution is 5.94. The minimum atomic E-state index is -0.0477. The van der Waals surface area contributed by atoms with E-state index < -0.39 is 0 Å². The summed E-state index contributed by atoms with van der Waals surface area (Å²) in [4.78, 5) is 16.0. The second-order valence-electron chi connectivity index (χ2n) is 4.85. The summed E-state index contributed by atoms with van der Waals surface area (Å²) in [6.07, 6.45) is 9.85. The smallest absolute Gasteiger partial charge is 0.251 e. The third-order valence-corrected chi connectivity index (χ3v) is 3.40. The molecule has 1 heterocycles.